The van der Waals surface area contributed by atoms with Crippen molar-refractivity contribution < 1.29 is 4.79 Å². The molecule has 3 rings (SSSR count). The van der Waals surface area contributed by atoms with Crippen LogP contribution in [0.5, 0.6) is 0 Å². The predicted octanol–water partition coefficient (Wildman–Crippen LogP) is 1.96. The molecule has 5 nitrogen and oxygen atoms in total. The van der Waals surface area contributed by atoms with E-state index in [0.29, 0.717) is 12.5 Å². The summed E-state index contributed by atoms with van der Waals surface area (Å²) in [5.74, 6) is 0.878. The number of nitrogens with one attached hydrogen (secondary N) is 1. The normalized spacial score (nSPS) is 19.9. The highest BCUT2D eigenvalue weighted by molar-refractivity contribution is 5.78. The van der Waals surface area contributed by atoms with Gasteiger partial charge in [0.1, 0.15) is 0 Å². The van der Waals surface area contributed by atoms with Crippen molar-refractivity contribution in [2.45, 2.75) is 58.5 Å². The number of carbonyl (C=O) groups is 1. The molecular weight excluding hydrogens is 276 g/mol. The second kappa shape index (κ2) is 7.27. The number of carbonyl (C=O) groups excluding carboxylic acids is 1. The van der Waals surface area contributed by atoms with Gasteiger partial charge in [-0.25, -0.2) is 4.98 Å². The van der Waals surface area contributed by atoms with Crippen molar-refractivity contribution in [3.8, 4) is 0 Å². The molecule has 1 amide bonds. The van der Waals surface area contributed by atoms with E-state index in [1.165, 1.54) is 43.5 Å². The Hall–Kier alpha value is -1.36. The molecule has 1 aliphatic carbocycles. The van der Waals surface area contributed by atoms with Crippen LogP contribution in [0.25, 0.3) is 0 Å². The molecule has 122 valence electrons. The van der Waals surface area contributed by atoms with Crippen molar-refractivity contribution in [2.24, 2.45) is 5.92 Å². The number of rotatable bonds is 5. The Kier molecular flexibility index (Phi) is 5.13. The third kappa shape index (κ3) is 3.69. The van der Waals surface area contributed by atoms with Gasteiger partial charge in [0.25, 0.3) is 0 Å². The number of fused-ring (bicyclic) bond motifs is 1. The van der Waals surface area contributed by atoms with Crippen molar-refractivity contribution in [3.63, 3.8) is 0 Å². The van der Waals surface area contributed by atoms with E-state index in [0.717, 1.165) is 32.6 Å². The fraction of sp³-hybridized carbons (Fsp3) is 0.765. The van der Waals surface area contributed by atoms with E-state index in [2.05, 4.69) is 26.7 Å². The van der Waals surface area contributed by atoms with Crippen LogP contribution in [-0.4, -0.2) is 40.0 Å². The number of imidazole rings is 1. The molecule has 1 aromatic heterocycles. The lowest BCUT2D eigenvalue weighted by atomic mass is 9.89. The zero-order valence-corrected chi connectivity index (χ0v) is 13.7. The monoisotopic (exact) mass is 304 g/mol. The first kappa shape index (κ1) is 15.5. The standard InChI is InChI=1S/C17H28N4O/c1-2-21-13-19-15-8-9-20(11-16(15)21)12-17(22)18-10-14-6-4-3-5-7-14/h13-14H,2-12H2,1H3,(H,18,22). The summed E-state index contributed by atoms with van der Waals surface area (Å²) in [6.07, 6.45) is 9.47. The third-order valence-corrected chi connectivity index (χ3v) is 5.09. The van der Waals surface area contributed by atoms with Crippen LogP contribution in [0.3, 0.4) is 0 Å². The molecular formula is C17H28N4O. The van der Waals surface area contributed by atoms with E-state index in [1.807, 2.05) is 6.33 Å². The minimum absolute atomic E-state index is 0.177. The van der Waals surface area contributed by atoms with Gasteiger partial charge in [0.2, 0.25) is 5.91 Å². The molecule has 0 aromatic carbocycles. The van der Waals surface area contributed by atoms with Gasteiger partial charge in [-0.15, -0.1) is 0 Å². The molecule has 1 aliphatic heterocycles. The van der Waals surface area contributed by atoms with Gasteiger partial charge in [-0.3, -0.25) is 9.69 Å². The number of amides is 1. The number of aryl methyl sites for hydroxylation is 1. The third-order valence-electron chi connectivity index (χ3n) is 5.09. The Balaban J connectivity index is 1.46. The highest BCUT2D eigenvalue weighted by Crippen LogP contribution is 2.22. The molecule has 0 atom stereocenters. The van der Waals surface area contributed by atoms with E-state index < -0.39 is 0 Å². The summed E-state index contributed by atoms with van der Waals surface area (Å²) < 4.78 is 2.20. The second-order valence-corrected chi connectivity index (χ2v) is 6.69. The molecule has 22 heavy (non-hydrogen) atoms. The Morgan fingerprint density at radius 3 is 2.95 bits per heavy atom. The molecule has 1 aromatic rings. The molecule has 2 aliphatic rings. The molecule has 2 heterocycles. The maximum absolute atomic E-state index is 12.2. The number of aromatic nitrogens is 2. The summed E-state index contributed by atoms with van der Waals surface area (Å²) in [4.78, 5) is 18.9. The van der Waals surface area contributed by atoms with E-state index >= 15 is 0 Å². The predicted molar refractivity (Wildman–Crippen MR) is 86.5 cm³/mol. The topological polar surface area (TPSA) is 50.2 Å². The van der Waals surface area contributed by atoms with Crippen LogP contribution in [0.1, 0.15) is 50.4 Å². The average molecular weight is 304 g/mol. The largest absolute Gasteiger partial charge is 0.355 e. The zero-order valence-electron chi connectivity index (χ0n) is 13.7. The Morgan fingerprint density at radius 1 is 1.36 bits per heavy atom. The molecule has 1 saturated carbocycles. The molecule has 0 saturated heterocycles. The minimum Gasteiger partial charge on any atom is -0.355 e. The summed E-state index contributed by atoms with van der Waals surface area (Å²) in [6.45, 7) is 6.25. The van der Waals surface area contributed by atoms with Crippen molar-refractivity contribution in [1.82, 2.24) is 19.8 Å². The van der Waals surface area contributed by atoms with E-state index in [4.69, 9.17) is 0 Å². The maximum atomic E-state index is 12.2. The van der Waals surface area contributed by atoms with Crippen molar-refractivity contribution in [3.05, 3.63) is 17.7 Å². The van der Waals surface area contributed by atoms with Gasteiger partial charge >= 0.3 is 0 Å². The van der Waals surface area contributed by atoms with Gasteiger partial charge in [0.05, 0.1) is 24.3 Å². The Labute approximate surface area is 133 Å². The molecule has 1 fully saturated rings. The SMILES string of the molecule is CCn1cnc2c1CN(CC(=O)NCC1CCCCC1)CC2. The van der Waals surface area contributed by atoms with Crippen LogP contribution in [-0.2, 0) is 24.3 Å². The highest BCUT2D eigenvalue weighted by Gasteiger charge is 2.22. The van der Waals surface area contributed by atoms with Gasteiger partial charge in [-0.1, -0.05) is 19.3 Å². The summed E-state index contributed by atoms with van der Waals surface area (Å²) in [5.41, 5.74) is 2.49. The van der Waals surface area contributed by atoms with E-state index in [1.54, 1.807) is 0 Å². The van der Waals surface area contributed by atoms with E-state index in [-0.39, 0.29) is 5.91 Å². The Bertz CT molecular complexity index is 491. The average Bonchev–Trinajstić information content (AvgIpc) is 2.96. The molecule has 5 heteroatoms. The van der Waals surface area contributed by atoms with Gasteiger partial charge in [-0.2, -0.15) is 0 Å². The fourth-order valence-corrected chi connectivity index (χ4v) is 3.71. The van der Waals surface area contributed by atoms with Crippen LogP contribution < -0.4 is 5.32 Å². The minimum atomic E-state index is 0.177. The molecule has 0 bridgehead atoms. The summed E-state index contributed by atoms with van der Waals surface area (Å²) in [7, 11) is 0. The quantitative estimate of drug-likeness (QED) is 0.904. The molecule has 1 N–H and O–H groups in total. The summed E-state index contributed by atoms with van der Waals surface area (Å²) in [6, 6.07) is 0. The van der Waals surface area contributed by atoms with Gasteiger partial charge in [0, 0.05) is 32.6 Å². The van der Waals surface area contributed by atoms with E-state index in [9.17, 15) is 4.79 Å². The lowest BCUT2D eigenvalue weighted by molar-refractivity contribution is -0.122. The fourth-order valence-electron chi connectivity index (χ4n) is 3.71. The summed E-state index contributed by atoms with van der Waals surface area (Å²) >= 11 is 0. The van der Waals surface area contributed by atoms with Crippen molar-refractivity contribution in [1.29, 1.82) is 0 Å². The van der Waals surface area contributed by atoms with Crippen LogP contribution in [0.2, 0.25) is 0 Å². The van der Waals surface area contributed by atoms with Crippen LogP contribution >= 0.6 is 0 Å². The molecule has 0 unspecified atom stereocenters. The first-order valence-corrected chi connectivity index (χ1v) is 8.78. The lowest BCUT2D eigenvalue weighted by Gasteiger charge is -2.27. The smallest absolute Gasteiger partial charge is 0.234 e. The number of nitrogens with zero attached hydrogens (tertiary/aromatic N) is 3. The van der Waals surface area contributed by atoms with Gasteiger partial charge in [0.15, 0.2) is 0 Å². The van der Waals surface area contributed by atoms with Crippen LogP contribution in [0.4, 0.5) is 0 Å². The number of hydrogen-bond donors (Lipinski definition) is 1. The van der Waals surface area contributed by atoms with Crippen molar-refractivity contribution >= 4 is 5.91 Å². The van der Waals surface area contributed by atoms with Crippen LogP contribution in [0.15, 0.2) is 6.33 Å². The Morgan fingerprint density at radius 2 is 2.18 bits per heavy atom. The first-order chi connectivity index (χ1) is 10.8. The van der Waals surface area contributed by atoms with Gasteiger partial charge < -0.3 is 9.88 Å². The maximum Gasteiger partial charge on any atom is 0.234 e. The highest BCUT2D eigenvalue weighted by atomic mass is 16.2. The van der Waals surface area contributed by atoms with Crippen LogP contribution in [0, 0.1) is 5.92 Å². The zero-order chi connectivity index (χ0) is 15.4. The van der Waals surface area contributed by atoms with Crippen molar-refractivity contribution in [2.75, 3.05) is 19.6 Å². The molecule has 0 radical (unpaired) electrons. The first-order valence-electron chi connectivity index (χ1n) is 8.78. The summed E-state index contributed by atoms with van der Waals surface area (Å²) in [5, 5.41) is 3.14. The van der Waals surface area contributed by atoms with Gasteiger partial charge in [-0.05, 0) is 25.7 Å². The molecule has 0 spiro atoms. The second-order valence-electron chi connectivity index (χ2n) is 6.69. The lowest BCUT2D eigenvalue weighted by Crippen LogP contribution is -2.41. The number of hydrogen-bond acceptors (Lipinski definition) is 3.